The molecule has 2 aromatic rings. The van der Waals surface area contributed by atoms with Crippen molar-refractivity contribution in [1.29, 1.82) is 0 Å². The van der Waals surface area contributed by atoms with Crippen LogP contribution in [0.1, 0.15) is 22.8 Å². The molecule has 2 aromatic carbocycles. The molecule has 0 aliphatic rings. The maximum absolute atomic E-state index is 13.8. The molecule has 0 aromatic heterocycles. The summed E-state index contributed by atoms with van der Waals surface area (Å²) in [7, 11) is -2.47. The van der Waals surface area contributed by atoms with Gasteiger partial charge in [0.15, 0.2) is 5.78 Å². The molecule has 0 aliphatic carbocycles. The Bertz CT molecular complexity index is 815. The minimum atomic E-state index is -3.82. The lowest BCUT2D eigenvalue weighted by Crippen LogP contribution is -2.27. The van der Waals surface area contributed by atoms with E-state index in [1.807, 2.05) is 0 Å². The molecule has 0 saturated carbocycles. The van der Waals surface area contributed by atoms with Crippen LogP contribution in [0.3, 0.4) is 0 Å². The minimum Gasteiger partial charge on any atom is -0.295 e. The molecule has 0 spiro atoms. The molecule has 4 nitrogen and oxygen atoms in total. The number of hydrogen-bond acceptors (Lipinski definition) is 3. The van der Waals surface area contributed by atoms with E-state index in [-0.39, 0.29) is 27.8 Å². The van der Waals surface area contributed by atoms with Gasteiger partial charge in [0.1, 0.15) is 5.82 Å². The first kappa shape index (κ1) is 17.6. The van der Waals surface area contributed by atoms with Crippen LogP contribution in [0.4, 0.5) is 4.39 Å². The zero-order valence-corrected chi connectivity index (χ0v) is 14.2. The fourth-order valence-electron chi connectivity index (χ4n) is 2.03. The van der Waals surface area contributed by atoms with Gasteiger partial charge in [0.2, 0.25) is 10.0 Å². The lowest BCUT2D eigenvalue weighted by atomic mass is 10.2. The van der Waals surface area contributed by atoms with Crippen molar-refractivity contribution in [2.24, 2.45) is 0 Å². The van der Waals surface area contributed by atoms with E-state index < -0.39 is 15.8 Å². The van der Waals surface area contributed by atoms with E-state index in [1.54, 1.807) is 0 Å². The number of halogens is 2. The Morgan fingerprint density at radius 1 is 1.17 bits per heavy atom. The summed E-state index contributed by atoms with van der Waals surface area (Å²) >= 11 is 5.93. The molecule has 122 valence electrons. The summed E-state index contributed by atoms with van der Waals surface area (Å²) in [6.07, 6.45) is 0. The summed E-state index contributed by atoms with van der Waals surface area (Å²) in [6.45, 7) is 1.21. The molecule has 0 unspecified atom stereocenters. The largest absolute Gasteiger partial charge is 0.295 e. The summed E-state index contributed by atoms with van der Waals surface area (Å²) in [4.78, 5) is 11.3. The van der Waals surface area contributed by atoms with Crippen molar-refractivity contribution in [2.45, 2.75) is 18.4 Å². The van der Waals surface area contributed by atoms with Gasteiger partial charge in [0.05, 0.1) is 4.90 Å². The average molecular weight is 356 g/mol. The quantitative estimate of drug-likeness (QED) is 0.771. The van der Waals surface area contributed by atoms with E-state index in [1.165, 1.54) is 56.4 Å². The molecular weight excluding hydrogens is 341 g/mol. The highest BCUT2D eigenvalue weighted by Gasteiger charge is 2.23. The number of ketones is 1. The zero-order chi connectivity index (χ0) is 17.2. The first-order valence-electron chi connectivity index (χ1n) is 6.73. The van der Waals surface area contributed by atoms with Crippen molar-refractivity contribution in [3.8, 4) is 0 Å². The molecule has 0 atom stereocenters. The Kier molecular flexibility index (Phi) is 5.19. The minimum absolute atomic E-state index is 0.0254. The van der Waals surface area contributed by atoms with Crippen LogP contribution in [0, 0.1) is 5.82 Å². The van der Waals surface area contributed by atoms with E-state index in [2.05, 4.69) is 0 Å². The van der Waals surface area contributed by atoms with Crippen LogP contribution < -0.4 is 0 Å². The molecule has 7 heteroatoms. The highest BCUT2D eigenvalue weighted by Crippen LogP contribution is 2.23. The number of carbonyl (C=O) groups excluding carboxylic acids is 1. The topological polar surface area (TPSA) is 54.5 Å². The number of Topliss-reactive ketones (excluding diaryl/α,β-unsaturated/α-hetero) is 1. The Morgan fingerprint density at radius 3 is 2.30 bits per heavy atom. The second kappa shape index (κ2) is 6.78. The van der Waals surface area contributed by atoms with Gasteiger partial charge >= 0.3 is 0 Å². The Labute approximate surface area is 139 Å². The Hall–Kier alpha value is -1.76. The van der Waals surface area contributed by atoms with Crippen LogP contribution in [0.25, 0.3) is 0 Å². The van der Waals surface area contributed by atoms with Crippen LogP contribution in [-0.2, 0) is 16.6 Å². The first-order valence-corrected chi connectivity index (χ1v) is 8.55. The van der Waals surface area contributed by atoms with Crippen LogP contribution in [0.2, 0.25) is 5.02 Å². The van der Waals surface area contributed by atoms with Crippen LogP contribution in [0.5, 0.6) is 0 Å². The molecule has 0 saturated heterocycles. The number of carbonyl (C=O) groups is 1. The third kappa shape index (κ3) is 3.77. The summed E-state index contributed by atoms with van der Waals surface area (Å²) in [5.74, 6) is -0.716. The summed E-state index contributed by atoms with van der Waals surface area (Å²) < 4.78 is 39.8. The van der Waals surface area contributed by atoms with Crippen molar-refractivity contribution < 1.29 is 17.6 Å². The number of sulfonamides is 1. The molecule has 0 amide bonds. The zero-order valence-electron chi connectivity index (χ0n) is 12.6. The number of hydrogen-bond donors (Lipinski definition) is 0. The molecule has 0 aliphatic heterocycles. The molecule has 0 N–H and O–H groups in total. The van der Waals surface area contributed by atoms with E-state index in [0.29, 0.717) is 5.56 Å². The predicted octanol–water partition coefficient (Wildman–Crippen LogP) is 3.50. The van der Waals surface area contributed by atoms with Crippen molar-refractivity contribution in [3.05, 3.63) is 64.4 Å². The van der Waals surface area contributed by atoms with E-state index in [0.717, 1.165) is 4.31 Å². The number of rotatable bonds is 5. The number of benzene rings is 2. The van der Waals surface area contributed by atoms with Crippen LogP contribution in [-0.4, -0.2) is 25.6 Å². The maximum atomic E-state index is 13.8. The molecule has 23 heavy (non-hydrogen) atoms. The van der Waals surface area contributed by atoms with Gasteiger partial charge in [-0.3, -0.25) is 4.79 Å². The molecule has 0 bridgehead atoms. The average Bonchev–Trinajstić information content (AvgIpc) is 2.50. The summed E-state index contributed by atoms with van der Waals surface area (Å²) in [5, 5.41) is 0.166. The SMILES string of the molecule is CC(=O)c1ccc(S(=O)(=O)N(C)Cc2c(F)cccc2Cl)cc1. The first-order chi connectivity index (χ1) is 10.7. The van der Waals surface area contributed by atoms with Gasteiger partial charge in [-0.2, -0.15) is 4.31 Å². The standard InChI is InChI=1S/C16H15ClFNO3S/c1-11(20)12-6-8-13(9-7-12)23(21,22)19(2)10-14-15(17)4-3-5-16(14)18/h3-9H,10H2,1-2H3. The van der Waals surface area contributed by atoms with Gasteiger partial charge in [-0.15, -0.1) is 0 Å². The Balaban J connectivity index is 2.30. The molecule has 0 radical (unpaired) electrons. The van der Waals surface area contributed by atoms with Crippen molar-refractivity contribution >= 4 is 27.4 Å². The maximum Gasteiger partial charge on any atom is 0.243 e. The number of nitrogens with zero attached hydrogens (tertiary/aromatic N) is 1. The second-order valence-electron chi connectivity index (χ2n) is 5.04. The van der Waals surface area contributed by atoms with Gasteiger partial charge in [0.25, 0.3) is 0 Å². The van der Waals surface area contributed by atoms with E-state index in [9.17, 15) is 17.6 Å². The van der Waals surface area contributed by atoms with E-state index in [4.69, 9.17) is 11.6 Å². The molecular formula is C16H15ClFNO3S. The highest BCUT2D eigenvalue weighted by atomic mass is 35.5. The Morgan fingerprint density at radius 2 is 1.78 bits per heavy atom. The summed E-state index contributed by atoms with van der Waals surface area (Å²) in [5.41, 5.74) is 0.532. The third-order valence-electron chi connectivity index (χ3n) is 3.41. The van der Waals surface area contributed by atoms with Crippen LogP contribution in [0.15, 0.2) is 47.4 Å². The van der Waals surface area contributed by atoms with Gasteiger partial charge in [0, 0.05) is 29.7 Å². The second-order valence-corrected chi connectivity index (χ2v) is 7.49. The monoisotopic (exact) mass is 355 g/mol. The van der Waals surface area contributed by atoms with E-state index >= 15 is 0 Å². The van der Waals surface area contributed by atoms with Gasteiger partial charge in [-0.1, -0.05) is 29.8 Å². The summed E-state index contributed by atoms with van der Waals surface area (Å²) in [6, 6.07) is 9.77. The fraction of sp³-hybridized carbons (Fsp3) is 0.188. The third-order valence-corrected chi connectivity index (χ3v) is 5.58. The smallest absolute Gasteiger partial charge is 0.243 e. The van der Waals surface area contributed by atoms with Crippen molar-refractivity contribution in [3.63, 3.8) is 0 Å². The van der Waals surface area contributed by atoms with Gasteiger partial charge in [-0.25, -0.2) is 12.8 Å². The molecule has 2 rings (SSSR count). The fourth-order valence-corrected chi connectivity index (χ4v) is 3.39. The predicted molar refractivity (Wildman–Crippen MR) is 86.5 cm³/mol. The van der Waals surface area contributed by atoms with Crippen molar-refractivity contribution in [2.75, 3.05) is 7.05 Å². The molecule has 0 heterocycles. The van der Waals surface area contributed by atoms with Gasteiger partial charge < -0.3 is 0 Å². The van der Waals surface area contributed by atoms with Crippen LogP contribution >= 0.6 is 11.6 Å². The lowest BCUT2D eigenvalue weighted by molar-refractivity contribution is 0.101. The molecule has 0 fully saturated rings. The lowest BCUT2D eigenvalue weighted by Gasteiger charge is -2.18. The van der Waals surface area contributed by atoms with Crippen molar-refractivity contribution in [1.82, 2.24) is 4.31 Å². The van der Waals surface area contributed by atoms with Gasteiger partial charge in [-0.05, 0) is 31.2 Å². The highest BCUT2D eigenvalue weighted by molar-refractivity contribution is 7.89. The normalized spacial score (nSPS) is 11.7.